The maximum absolute atomic E-state index is 10.0. The van der Waals surface area contributed by atoms with Gasteiger partial charge in [-0.25, -0.2) is 0 Å². The molecule has 1 aliphatic rings. The van der Waals surface area contributed by atoms with Crippen molar-refractivity contribution in [1.29, 1.82) is 0 Å². The van der Waals surface area contributed by atoms with Crippen LogP contribution in [0.4, 0.5) is 0 Å². The highest BCUT2D eigenvalue weighted by molar-refractivity contribution is 5.13. The van der Waals surface area contributed by atoms with Crippen LogP contribution in [0.15, 0.2) is 10.6 Å². The fourth-order valence-electron chi connectivity index (χ4n) is 1.68. The van der Waals surface area contributed by atoms with E-state index in [9.17, 15) is 5.11 Å². The molecule has 2 rings (SSSR count). The van der Waals surface area contributed by atoms with E-state index in [0.717, 1.165) is 13.0 Å². The van der Waals surface area contributed by atoms with Crippen molar-refractivity contribution in [2.24, 2.45) is 0 Å². The highest BCUT2D eigenvalue weighted by Crippen LogP contribution is 2.22. The first-order chi connectivity index (χ1) is 6.72. The average Bonchev–Trinajstić information content (AvgIpc) is 2.75. The SMILES string of the molecule is COc1cc(CC2(O)CCNC2)on1. The van der Waals surface area contributed by atoms with Crippen LogP contribution in [0.2, 0.25) is 0 Å². The van der Waals surface area contributed by atoms with Gasteiger partial charge in [0.15, 0.2) is 0 Å². The molecule has 5 heteroatoms. The molecular formula is C9H14N2O3. The lowest BCUT2D eigenvalue weighted by molar-refractivity contribution is 0.0548. The van der Waals surface area contributed by atoms with Crippen LogP contribution in [0.1, 0.15) is 12.2 Å². The molecule has 1 saturated heterocycles. The number of methoxy groups -OCH3 is 1. The molecule has 0 aliphatic carbocycles. The molecular weight excluding hydrogens is 184 g/mol. The third-order valence-electron chi connectivity index (χ3n) is 2.47. The van der Waals surface area contributed by atoms with Crippen molar-refractivity contribution in [3.05, 3.63) is 11.8 Å². The van der Waals surface area contributed by atoms with E-state index in [4.69, 9.17) is 9.26 Å². The summed E-state index contributed by atoms with van der Waals surface area (Å²) in [5.74, 6) is 1.11. The second-order valence-corrected chi connectivity index (χ2v) is 3.66. The van der Waals surface area contributed by atoms with Crippen LogP contribution in [0.5, 0.6) is 5.88 Å². The molecule has 0 spiro atoms. The summed E-state index contributed by atoms with van der Waals surface area (Å²) in [6.45, 7) is 1.46. The summed E-state index contributed by atoms with van der Waals surface area (Å²) in [5.41, 5.74) is -0.690. The Labute approximate surface area is 82.0 Å². The maximum Gasteiger partial charge on any atom is 0.254 e. The molecule has 2 heterocycles. The summed E-state index contributed by atoms with van der Waals surface area (Å²) in [7, 11) is 1.54. The van der Waals surface area contributed by atoms with E-state index >= 15 is 0 Å². The number of rotatable bonds is 3. The van der Waals surface area contributed by atoms with Crippen molar-refractivity contribution >= 4 is 0 Å². The van der Waals surface area contributed by atoms with Crippen LogP contribution < -0.4 is 10.1 Å². The number of β-amino-alcohol motifs (C(OH)–C–C–N with tert-alkyl or cyclic N) is 1. The Bertz CT molecular complexity index is 305. The molecule has 1 aromatic rings. The lowest BCUT2D eigenvalue weighted by atomic mass is 9.98. The Morgan fingerprint density at radius 1 is 1.79 bits per heavy atom. The zero-order valence-electron chi connectivity index (χ0n) is 8.12. The fourth-order valence-corrected chi connectivity index (χ4v) is 1.68. The van der Waals surface area contributed by atoms with Gasteiger partial charge in [-0.3, -0.25) is 0 Å². The van der Waals surface area contributed by atoms with Gasteiger partial charge in [-0.2, -0.15) is 0 Å². The van der Waals surface area contributed by atoms with Gasteiger partial charge in [0.05, 0.1) is 12.7 Å². The van der Waals surface area contributed by atoms with Gasteiger partial charge >= 0.3 is 0 Å². The molecule has 0 radical (unpaired) electrons. The number of nitrogens with zero attached hydrogens (tertiary/aromatic N) is 1. The fraction of sp³-hybridized carbons (Fsp3) is 0.667. The Morgan fingerprint density at radius 2 is 2.64 bits per heavy atom. The molecule has 5 nitrogen and oxygen atoms in total. The Morgan fingerprint density at radius 3 is 3.21 bits per heavy atom. The van der Waals surface area contributed by atoms with E-state index in [2.05, 4.69) is 10.5 Å². The Kier molecular flexibility index (Phi) is 2.43. The first kappa shape index (κ1) is 9.48. The van der Waals surface area contributed by atoms with Gasteiger partial charge < -0.3 is 19.7 Å². The van der Waals surface area contributed by atoms with Crippen LogP contribution in [-0.4, -0.2) is 36.1 Å². The van der Waals surface area contributed by atoms with Gasteiger partial charge in [0.1, 0.15) is 5.76 Å². The average molecular weight is 198 g/mol. The van der Waals surface area contributed by atoms with Crippen molar-refractivity contribution in [2.45, 2.75) is 18.4 Å². The van der Waals surface area contributed by atoms with Crippen LogP contribution >= 0.6 is 0 Å². The number of nitrogens with one attached hydrogen (secondary N) is 1. The molecule has 1 fully saturated rings. The number of hydrogen-bond acceptors (Lipinski definition) is 5. The van der Waals surface area contributed by atoms with E-state index in [1.807, 2.05) is 0 Å². The van der Waals surface area contributed by atoms with Gasteiger partial charge in [0.2, 0.25) is 0 Å². The highest BCUT2D eigenvalue weighted by Gasteiger charge is 2.32. The summed E-state index contributed by atoms with van der Waals surface area (Å²) >= 11 is 0. The summed E-state index contributed by atoms with van der Waals surface area (Å²) in [5, 5.41) is 16.8. The van der Waals surface area contributed by atoms with Gasteiger partial charge in [-0.15, -0.1) is 0 Å². The Balaban J connectivity index is 2.02. The topological polar surface area (TPSA) is 67.5 Å². The van der Waals surface area contributed by atoms with E-state index in [-0.39, 0.29) is 0 Å². The van der Waals surface area contributed by atoms with E-state index < -0.39 is 5.60 Å². The second-order valence-electron chi connectivity index (χ2n) is 3.66. The van der Waals surface area contributed by atoms with E-state index in [0.29, 0.717) is 24.6 Å². The van der Waals surface area contributed by atoms with Gasteiger partial charge in [0, 0.05) is 19.0 Å². The lowest BCUT2D eigenvalue weighted by Crippen LogP contribution is -2.33. The standard InChI is InChI=1S/C9H14N2O3/c1-13-8-4-7(14-11-8)5-9(12)2-3-10-6-9/h4,10,12H,2-3,5-6H2,1H3. The normalized spacial score (nSPS) is 26.7. The zero-order chi connectivity index (χ0) is 10.0. The minimum absolute atomic E-state index is 0.453. The number of hydrogen-bond donors (Lipinski definition) is 2. The minimum atomic E-state index is -0.690. The molecule has 1 aromatic heterocycles. The molecule has 1 aliphatic heterocycles. The van der Waals surface area contributed by atoms with Crippen molar-refractivity contribution in [1.82, 2.24) is 10.5 Å². The quantitative estimate of drug-likeness (QED) is 0.712. The minimum Gasteiger partial charge on any atom is -0.479 e. The molecule has 14 heavy (non-hydrogen) atoms. The summed E-state index contributed by atoms with van der Waals surface area (Å²) < 4.78 is 9.91. The second kappa shape index (κ2) is 3.59. The lowest BCUT2D eigenvalue weighted by Gasteiger charge is -2.18. The highest BCUT2D eigenvalue weighted by atomic mass is 16.5. The largest absolute Gasteiger partial charge is 0.479 e. The predicted molar refractivity (Wildman–Crippen MR) is 49.2 cm³/mol. The summed E-state index contributed by atoms with van der Waals surface area (Å²) in [6, 6.07) is 1.70. The van der Waals surface area contributed by atoms with Crippen molar-refractivity contribution < 1.29 is 14.4 Å². The first-order valence-corrected chi connectivity index (χ1v) is 4.64. The van der Waals surface area contributed by atoms with Crippen LogP contribution in [0, 0.1) is 0 Å². The van der Waals surface area contributed by atoms with E-state index in [1.54, 1.807) is 6.07 Å². The monoisotopic (exact) mass is 198 g/mol. The number of aliphatic hydroxyl groups is 1. The molecule has 0 saturated carbocycles. The molecule has 0 aromatic carbocycles. The maximum atomic E-state index is 10.0. The number of aromatic nitrogens is 1. The van der Waals surface area contributed by atoms with Gasteiger partial charge in [0.25, 0.3) is 5.88 Å². The van der Waals surface area contributed by atoms with Crippen LogP contribution in [0.3, 0.4) is 0 Å². The van der Waals surface area contributed by atoms with Gasteiger partial charge in [-0.05, 0) is 18.1 Å². The first-order valence-electron chi connectivity index (χ1n) is 4.64. The van der Waals surface area contributed by atoms with Crippen molar-refractivity contribution in [2.75, 3.05) is 20.2 Å². The molecule has 0 amide bonds. The third kappa shape index (κ3) is 1.88. The zero-order valence-corrected chi connectivity index (χ0v) is 8.12. The summed E-state index contributed by atoms with van der Waals surface area (Å²) in [4.78, 5) is 0. The van der Waals surface area contributed by atoms with Crippen molar-refractivity contribution in [3.8, 4) is 5.88 Å². The van der Waals surface area contributed by atoms with Gasteiger partial charge in [-0.1, -0.05) is 0 Å². The van der Waals surface area contributed by atoms with Crippen LogP contribution in [-0.2, 0) is 6.42 Å². The smallest absolute Gasteiger partial charge is 0.254 e. The Hall–Kier alpha value is -1.07. The molecule has 0 bridgehead atoms. The van der Waals surface area contributed by atoms with Crippen molar-refractivity contribution in [3.63, 3.8) is 0 Å². The molecule has 78 valence electrons. The third-order valence-corrected chi connectivity index (χ3v) is 2.47. The molecule has 1 atom stereocenters. The predicted octanol–water partition coefficient (Wildman–Crippen LogP) is -0.0499. The van der Waals surface area contributed by atoms with E-state index in [1.165, 1.54) is 7.11 Å². The number of ether oxygens (including phenoxy) is 1. The van der Waals surface area contributed by atoms with Crippen LogP contribution in [0.25, 0.3) is 0 Å². The molecule has 1 unspecified atom stereocenters. The molecule has 2 N–H and O–H groups in total. The summed E-state index contributed by atoms with van der Waals surface area (Å²) in [6.07, 6.45) is 1.23.